The first-order chi connectivity index (χ1) is 15.2. The first kappa shape index (κ1) is 20.3. The third kappa shape index (κ3) is 4.25. The van der Waals surface area contributed by atoms with Crippen LogP contribution < -0.4 is 9.64 Å². The van der Waals surface area contributed by atoms with Crippen LogP contribution in [0.25, 0.3) is 10.2 Å². The molecule has 3 heterocycles. The highest BCUT2D eigenvalue weighted by molar-refractivity contribution is 7.18. The summed E-state index contributed by atoms with van der Waals surface area (Å²) in [7, 11) is 1.68. The van der Waals surface area contributed by atoms with E-state index in [9.17, 15) is 4.79 Å². The van der Waals surface area contributed by atoms with E-state index in [2.05, 4.69) is 40.1 Å². The Morgan fingerprint density at radius 2 is 1.84 bits per heavy atom. The fraction of sp³-hybridized carbons (Fsp3) is 0.417. The van der Waals surface area contributed by atoms with Crippen LogP contribution in [-0.4, -0.2) is 67.1 Å². The standard InChI is InChI=1S/C24H28N4O2S/c1-30-19-10-8-18(9-11-19)26-13-15-27(16-14-26)23(29)17-28-12-4-6-21(28)24-25-20-5-2-3-7-22(20)31-24/h2-3,5,7-11,21H,4,6,12-17H2,1H3/t21-/m1/s1. The van der Waals surface area contributed by atoms with Crippen molar-refractivity contribution in [3.05, 3.63) is 53.5 Å². The summed E-state index contributed by atoms with van der Waals surface area (Å²) in [6.07, 6.45) is 2.21. The average molecular weight is 437 g/mol. The van der Waals surface area contributed by atoms with Gasteiger partial charge in [0, 0.05) is 31.9 Å². The third-order valence-corrected chi connectivity index (χ3v) is 7.51. The van der Waals surface area contributed by atoms with Crippen molar-refractivity contribution >= 4 is 33.1 Å². The molecule has 0 aliphatic carbocycles. The maximum absolute atomic E-state index is 13.1. The highest BCUT2D eigenvalue weighted by atomic mass is 32.1. The molecule has 7 heteroatoms. The molecule has 2 aliphatic heterocycles. The van der Waals surface area contributed by atoms with Gasteiger partial charge in [0.2, 0.25) is 5.91 Å². The van der Waals surface area contributed by atoms with Gasteiger partial charge in [0.05, 0.1) is 29.9 Å². The quantitative estimate of drug-likeness (QED) is 0.609. The van der Waals surface area contributed by atoms with Crippen LogP contribution in [0, 0.1) is 0 Å². The molecule has 5 rings (SSSR count). The summed E-state index contributed by atoms with van der Waals surface area (Å²) in [4.78, 5) is 24.6. The van der Waals surface area contributed by atoms with Crippen molar-refractivity contribution in [2.75, 3.05) is 51.3 Å². The normalized spacial score (nSPS) is 19.8. The maximum Gasteiger partial charge on any atom is 0.236 e. The van der Waals surface area contributed by atoms with Gasteiger partial charge in [-0.25, -0.2) is 4.98 Å². The second-order valence-electron chi connectivity index (χ2n) is 8.21. The van der Waals surface area contributed by atoms with Gasteiger partial charge in [0.15, 0.2) is 0 Å². The summed E-state index contributed by atoms with van der Waals surface area (Å²) < 4.78 is 6.47. The lowest BCUT2D eigenvalue weighted by Gasteiger charge is -2.37. The number of hydrogen-bond donors (Lipinski definition) is 0. The van der Waals surface area contributed by atoms with Crippen LogP contribution in [-0.2, 0) is 4.79 Å². The van der Waals surface area contributed by atoms with Crippen molar-refractivity contribution in [3.8, 4) is 5.75 Å². The number of piperazine rings is 1. The lowest BCUT2D eigenvalue weighted by Crippen LogP contribution is -2.51. The Balaban J connectivity index is 1.19. The van der Waals surface area contributed by atoms with Crippen molar-refractivity contribution in [3.63, 3.8) is 0 Å². The number of para-hydroxylation sites is 1. The van der Waals surface area contributed by atoms with Crippen molar-refractivity contribution in [1.82, 2.24) is 14.8 Å². The molecule has 2 saturated heterocycles. The van der Waals surface area contributed by atoms with Gasteiger partial charge in [-0.05, 0) is 55.8 Å². The number of nitrogens with zero attached hydrogens (tertiary/aromatic N) is 4. The van der Waals surface area contributed by atoms with E-state index in [1.165, 1.54) is 10.4 Å². The Hall–Kier alpha value is -2.64. The Morgan fingerprint density at radius 1 is 1.06 bits per heavy atom. The summed E-state index contributed by atoms with van der Waals surface area (Å²) in [5.74, 6) is 1.10. The Morgan fingerprint density at radius 3 is 2.58 bits per heavy atom. The second-order valence-corrected chi connectivity index (χ2v) is 9.28. The van der Waals surface area contributed by atoms with E-state index < -0.39 is 0 Å². The number of fused-ring (bicyclic) bond motifs is 1. The maximum atomic E-state index is 13.1. The molecule has 31 heavy (non-hydrogen) atoms. The monoisotopic (exact) mass is 436 g/mol. The van der Waals surface area contributed by atoms with E-state index in [0.29, 0.717) is 6.54 Å². The number of amides is 1. The molecule has 6 nitrogen and oxygen atoms in total. The Labute approximate surface area is 187 Å². The lowest BCUT2D eigenvalue weighted by atomic mass is 10.2. The smallest absolute Gasteiger partial charge is 0.236 e. The number of thiazole rings is 1. The van der Waals surface area contributed by atoms with E-state index in [-0.39, 0.29) is 11.9 Å². The van der Waals surface area contributed by atoms with Crippen molar-refractivity contribution in [1.29, 1.82) is 0 Å². The van der Waals surface area contributed by atoms with Crippen LogP contribution in [0.3, 0.4) is 0 Å². The van der Waals surface area contributed by atoms with Gasteiger partial charge in [0.25, 0.3) is 0 Å². The van der Waals surface area contributed by atoms with Gasteiger partial charge in [-0.1, -0.05) is 12.1 Å². The van der Waals surface area contributed by atoms with Crippen LogP contribution in [0.15, 0.2) is 48.5 Å². The average Bonchev–Trinajstić information content (AvgIpc) is 3.45. The number of ether oxygens (including phenoxy) is 1. The fourth-order valence-corrected chi connectivity index (χ4v) is 5.75. The van der Waals surface area contributed by atoms with Crippen molar-refractivity contribution in [2.45, 2.75) is 18.9 Å². The topological polar surface area (TPSA) is 48.9 Å². The van der Waals surface area contributed by atoms with Gasteiger partial charge in [-0.3, -0.25) is 9.69 Å². The van der Waals surface area contributed by atoms with Crippen LogP contribution >= 0.6 is 11.3 Å². The predicted molar refractivity (Wildman–Crippen MR) is 125 cm³/mol. The SMILES string of the molecule is COc1ccc(N2CCN(C(=O)CN3CCC[C@@H]3c3nc4ccccc4s3)CC2)cc1. The minimum absolute atomic E-state index is 0.238. The summed E-state index contributed by atoms with van der Waals surface area (Å²) in [5.41, 5.74) is 2.25. The number of carbonyl (C=O) groups is 1. The Kier molecular flexibility index (Phi) is 5.78. The highest BCUT2D eigenvalue weighted by Gasteiger charge is 2.32. The number of rotatable bonds is 5. The van der Waals surface area contributed by atoms with Gasteiger partial charge < -0.3 is 14.5 Å². The van der Waals surface area contributed by atoms with Crippen LogP contribution in [0.1, 0.15) is 23.9 Å². The molecule has 2 fully saturated rings. The molecule has 0 unspecified atom stereocenters. The summed E-state index contributed by atoms with van der Waals surface area (Å²) >= 11 is 1.77. The molecule has 1 aromatic heterocycles. The minimum Gasteiger partial charge on any atom is -0.497 e. The predicted octanol–water partition coefficient (Wildman–Crippen LogP) is 3.79. The minimum atomic E-state index is 0.238. The fourth-order valence-electron chi connectivity index (χ4n) is 4.61. The van der Waals surface area contributed by atoms with Crippen LogP contribution in [0.5, 0.6) is 5.75 Å². The van der Waals surface area contributed by atoms with Gasteiger partial charge in [-0.15, -0.1) is 11.3 Å². The zero-order valence-corrected chi connectivity index (χ0v) is 18.7. The molecule has 2 aliphatic rings. The molecule has 0 bridgehead atoms. The summed E-state index contributed by atoms with van der Waals surface area (Å²) in [6.45, 7) is 4.72. The zero-order valence-electron chi connectivity index (χ0n) is 17.9. The van der Waals surface area contributed by atoms with E-state index in [1.807, 2.05) is 23.1 Å². The largest absolute Gasteiger partial charge is 0.497 e. The molecule has 3 aromatic rings. The molecule has 0 radical (unpaired) electrons. The molecule has 0 saturated carbocycles. The number of aromatic nitrogens is 1. The third-order valence-electron chi connectivity index (χ3n) is 6.37. The van der Waals surface area contributed by atoms with E-state index in [1.54, 1.807) is 18.4 Å². The summed E-state index contributed by atoms with van der Waals surface area (Å²) in [6, 6.07) is 16.7. The van der Waals surface area contributed by atoms with Gasteiger partial charge >= 0.3 is 0 Å². The molecular formula is C24H28N4O2S. The number of hydrogen-bond acceptors (Lipinski definition) is 6. The molecule has 1 atom stereocenters. The van der Waals surface area contributed by atoms with E-state index in [0.717, 1.165) is 61.8 Å². The number of methoxy groups -OCH3 is 1. The zero-order chi connectivity index (χ0) is 21.2. The molecule has 2 aromatic carbocycles. The second kappa shape index (κ2) is 8.85. The first-order valence-electron chi connectivity index (χ1n) is 11.0. The van der Waals surface area contributed by atoms with Crippen LogP contribution in [0.2, 0.25) is 0 Å². The number of anilines is 1. The first-order valence-corrected chi connectivity index (χ1v) is 11.8. The van der Waals surface area contributed by atoms with E-state index in [4.69, 9.17) is 9.72 Å². The van der Waals surface area contributed by atoms with E-state index >= 15 is 0 Å². The lowest BCUT2D eigenvalue weighted by molar-refractivity contribution is -0.133. The number of benzene rings is 2. The number of carbonyl (C=O) groups excluding carboxylic acids is 1. The summed E-state index contributed by atoms with van der Waals surface area (Å²) in [5, 5.41) is 1.15. The molecule has 0 spiro atoms. The number of likely N-dealkylation sites (tertiary alicyclic amines) is 1. The van der Waals surface area contributed by atoms with Gasteiger partial charge in [-0.2, -0.15) is 0 Å². The molecular weight excluding hydrogens is 408 g/mol. The van der Waals surface area contributed by atoms with Crippen molar-refractivity contribution < 1.29 is 9.53 Å². The molecule has 162 valence electrons. The Bertz CT molecular complexity index is 1010. The molecule has 1 amide bonds. The molecule has 0 N–H and O–H groups in total. The van der Waals surface area contributed by atoms with Crippen molar-refractivity contribution in [2.24, 2.45) is 0 Å². The highest BCUT2D eigenvalue weighted by Crippen LogP contribution is 2.36. The van der Waals surface area contributed by atoms with Crippen LogP contribution in [0.4, 0.5) is 5.69 Å². The van der Waals surface area contributed by atoms with Gasteiger partial charge in [0.1, 0.15) is 10.8 Å².